The molecule has 0 atom stereocenters. The number of hydrogen-bond donors (Lipinski definition) is 1. The highest BCUT2D eigenvalue weighted by molar-refractivity contribution is 7.97. The van der Waals surface area contributed by atoms with Crippen LogP contribution in [0.4, 0.5) is 5.69 Å². The van der Waals surface area contributed by atoms with E-state index in [0.29, 0.717) is 11.6 Å². The van der Waals surface area contributed by atoms with Crippen molar-refractivity contribution >= 4 is 17.6 Å². The molecule has 0 amide bonds. The van der Waals surface area contributed by atoms with E-state index in [2.05, 4.69) is 0 Å². The maximum atomic E-state index is 10.6. The molecule has 14 heavy (non-hydrogen) atoms. The molecule has 0 unspecified atom stereocenters. The second-order valence-corrected chi connectivity index (χ2v) is 3.87. The molecule has 0 aliphatic heterocycles. The third-order valence-electron chi connectivity index (χ3n) is 1.57. The van der Waals surface area contributed by atoms with Crippen LogP contribution < -0.4 is 5.73 Å². The van der Waals surface area contributed by atoms with E-state index < -0.39 is 4.92 Å². The van der Waals surface area contributed by atoms with Crippen LogP contribution in [0.2, 0.25) is 0 Å². The first-order valence-corrected chi connectivity index (χ1v) is 4.75. The molecule has 1 rings (SSSR count). The number of benzene rings is 1. The fraction of sp³-hybridized carbons (Fsp3) is 0.250. The van der Waals surface area contributed by atoms with Crippen LogP contribution in [-0.2, 0) is 0 Å². The number of nitrogens with two attached hydrogens (primary N) is 1. The van der Waals surface area contributed by atoms with Crippen LogP contribution in [0, 0.1) is 10.1 Å². The maximum Gasteiger partial charge on any atom is 0.284 e. The molecule has 0 aliphatic rings. The minimum absolute atomic E-state index is 0.109. The third-order valence-corrected chi connectivity index (χ3v) is 2.58. The molecule has 1 aromatic carbocycles. The van der Waals surface area contributed by atoms with E-state index in [0.717, 1.165) is 0 Å². The SMILES string of the molecule is CN(CN)Sc1ccccc1[N+](=O)[O-]. The van der Waals surface area contributed by atoms with Crippen molar-refractivity contribution in [2.45, 2.75) is 4.90 Å². The predicted octanol–water partition coefficient (Wildman–Crippen LogP) is 1.45. The van der Waals surface area contributed by atoms with Crippen molar-refractivity contribution in [3.05, 3.63) is 34.4 Å². The summed E-state index contributed by atoms with van der Waals surface area (Å²) in [7, 11) is 1.78. The lowest BCUT2D eigenvalue weighted by Crippen LogP contribution is -2.18. The highest BCUT2D eigenvalue weighted by atomic mass is 32.2. The molecule has 5 nitrogen and oxygen atoms in total. The molecule has 0 bridgehead atoms. The summed E-state index contributed by atoms with van der Waals surface area (Å²) in [6.45, 7) is 0.344. The van der Waals surface area contributed by atoms with Gasteiger partial charge in [-0.25, -0.2) is 4.31 Å². The number of rotatable bonds is 4. The summed E-state index contributed by atoms with van der Waals surface area (Å²) < 4.78 is 1.72. The van der Waals surface area contributed by atoms with E-state index in [4.69, 9.17) is 5.73 Å². The molecule has 76 valence electrons. The Labute approximate surface area is 86.2 Å². The average molecular weight is 213 g/mol. The van der Waals surface area contributed by atoms with Crippen molar-refractivity contribution in [2.24, 2.45) is 5.73 Å². The fourth-order valence-corrected chi connectivity index (χ4v) is 1.68. The lowest BCUT2D eigenvalue weighted by Gasteiger charge is -2.11. The fourth-order valence-electron chi connectivity index (χ4n) is 0.890. The standard InChI is InChI=1S/C8H11N3O2S/c1-10(6-9)14-8-5-3-2-4-7(8)11(12)13/h2-5H,6,9H2,1H3. The Balaban J connectivity index is 2.90. The first-order valence-electron chi connectivity index (χ1n) is 3.97. The van der Waals surface area contributed by atoms with Crippen LogP contribution >= 0.6 is 11.9 Å². The van der Waals surface area contributed by atoms with Gasteiger partial charge >= 0.3 is 0 Å². The van der Waals surface area contributed by atoms with Crippen molar-refractivity contribution in [3.63, 3.8) is 0 Å². The largest absolute Gasteiger partial charge is 0.318 e. The summed E-state index contributed by atoms with van der Waals surface area (Å²) in [5.41, 5.74) is 5.49. The average Bonchev–Trinajstić information content (AvgIpc) is 2.18. The van der Waals surface area contributed by atoms with Gasteiger partial charge in [0.25, 0.3) is 5.69 Å². The maximum absolute atomic E-state index is 10.6. The molecule has 0 radical (unpaired) electrons. The molecule has 0 saturated carbocycles. The summed E-state index contributed by atoms with van der Waals surface area (Å²) in [6, 6.07) is 6.59. The Hall–Kier alpha value is -1.11. The zero-order valence-corrected chi connectivity index (χ0v) is 8.53. The molecular formula is C8H11N3O2S. The Bertz CT molecular complexity index is 332. The van der Waals surface area contributed by atoms with E-state index in [1.807, 2.05) is 0 Å². The Kier molecular flexibility index (Phi) is 3.87. The highest BCUT2D eigenvalue weighted by Gasteiger charge is 2.13. The van der Waals surface area contributed by atoms with Gasteiger partial charge in [0.15, 0.2) is 0 Å². The normalized spacial score (nSPS) is 10.5. The Morgan fingerprint density at radius 1 is 1.57 bits per heavy atom. The molecule has 1 aromatic rings. The molecule has 2 N–H and O–H groups in total. The molecule has 0 spiro atoms. The van der Waals surface area contributed by atoms with Crippen molar-refractivity contribution in [2.75, 3.05) is 13.7 Å². The van der Waals surface area contributed by atoms with E-state index in [9.17, 15) is 10.1 Å². The summed E-state index contributed by atoms with van der Waals surface area (Å²) >= 11 is 1.27. The smallest absolute Gasteiger partial charge is 0.284 e. The van der Waals surface area contributed by atoms with Crippen molar-refractivity contribution in [3.8, 4) is 0 Å². The minimum atomic E-state index is -0.396. The van der Waals surface area contributed by atoms with Crippen LogP contribution in [0.1, 0.15) is 0 Å². The number of nitro benzene ring substituents is 1. The van der Waals surface area contributed by atoms with E-state index in [-0.39, 0.29) is 5.69 Å². The predicted molar refractivity (Wildman–Crippen MR) is 55.8 cm³/mol. The van der Waals surface area contributed by atoms with E-state index >= 15 is 0 Å². The Morgan fingerprint density at radius 2 is 2.21 bits per heavy atom. The van der Waals surface area contributed by atoms with Gasteiger partial charge in [-0.3, -0.25) is 10.1 Å². The molecule has 0 saturated heterocycles. The van der Waals surface area contributed by atoms with Gasteiger partial charge < -0.3 is 5.73 Å². The van der Waals surface area contributed by atoms with Gasteiger partial charge in [0.1, 0.15) is 4.90 Å². The Morgan fingerprint density at radius 3 is 2.79 bits per heavy atom. The molecular weight excluding hydrogens is 202 g/mol. The molecule has 0 aromatic heterocycles. The van der Waals surface area contributed by atoms with Crippen LogP contribution in [0.3, 0.4) is 0 Å². The lowest BCUT2D eigenvalue weighted by molar-refractivity contribution is -0.387. The second-order valence-electron chi connectivity index (χ2n) is 2.63. The van der Waals surface area contributed by atoms with Gasteiger partial charge in [0, 0.05) is 6.07 Å². The highest BCUT2D eigenvalue weighted by Crippen LogP contribution is 2.29. The van der Waals surface area contributed by atoms with Crippen LogP contribution in [-0.4, -0.2) is 22.9 Å². The van der Waals surface area contributed by atoms with Crippen molar-refractivity contribution in [1.29, 1.82) is 0 Å². The number of para-hydroxylation sites is 1. The first-order chi connectivity index (χ1) is 6.65. The van der Waals surface area contributed by atoms with Crippen LogP contribution in [0.25, 0.3) is 0 Å². The topological polar surface area (TPSA) is 72.4 Å². The van der Waals surface area contributed by atoms with E-state index in [1.54, 1.807) is 29.6 Å². The van der Waals surface area contributed by atoms with Gasteiger partial charge in [-0.2, -0.15) is 0 Å². The quantitative estimate of drug-likeness (QED) is 0.354. The second kappa shape index (κ2) is 4.94. The molecule has 0 heterocycles. The zero-order chi connectivity index (χ0) is 10.6. The molecule has 0 fully saturated rings. The van der Waals surface area contributed by atoms with Gasteiger partial charge in [0.2, 0.25) is 0 Å². The summed E-state index contributed by atoms with van der Waals surface area (Å²) in [5.74, 6) is 0. The molecule has 6 heteroatoms. The lowest BCUT2D eigenvalue weighted by atomic mass is 10.3. The van der Waals surface area contributed by atoms with Gasteiger partial charge in [-0.15, -0.1) is 0 Å². The third kappa shape index (κ3) is 2.69. The summed E-state index contributed by atoms with van der Waals surface area (Å²) in [5, 5.41) is 10.6. The zero-order valence-electron chi connectivity index (χ0n) is 7.71. The van der Waals surface area contributed by atoms with Gasteiger partial charge in [-0.1, -0.05) is 12.1 Å². The summed E-state index contributed by atoms with van der Waals surface area (Å²) in [6.07, 6.45) is 0. The van der Waals surface area contributed by atoms with Crippen molar-refractivity contribution in [1.82, 2.24) is 4.31 Å². The number of hydrogen-bond acceptors (Lipinski definition) is 5. The summed E-state index contributed by atoms with van der Waals surface area (Å²) in [4.78, 5) is 10.8. The molecule has 0 aliphatic carbocycles. The monoisotopic (exact) mass is 213 g/mol. The number of nitro groups is 1. The van der Waals surface area contributed by atoms with Crippen molar-refractivity contribution < 1.29 is 4.92 Å². The van der Waals surface area contributed by atoms with Gasteiger partial charge in [-0.05, 0) is 25.1 Å². The van der Waals surface area contributed by atoms with E-state index in [1.165, 1.54) is 18.0 Å². The first kappa shape index (κ1) is 11.0. The minimum Gasteiger partial charge on any atom is -0.318 e. The van der Waals surface area contributed by atoms with Crippen LogP contribution in [0.5, 0.6) is 0 Å². The van der Waals surface area contributed by atoms with Gasteiger partial charge in [0.05, 0.1) is 11.6 Å². The number of nitrogens with zero attached hydrogens (tertiary/aromatic N) is 2. The van der Waals surface area contributed by atoms with Crippen LogP contribution in [0.15, 0.2) is 29.2 Å².